The smallest absolute Gasteiger partial charge is 0.357 e. The molecule has 3 rings (SSSR count). The third-order valence-electron chi connectivity index (χ3n) is 3.57. The van der Waals surface area contributed by atoms with Gasteiger partial charge in [-0.15, -0.1) is 11.3 Å². The second-order valence-electron chi connectivity index (χ2n) is 5.64. The van der Waals surface area contributed by atoms with Gasteiger partial charge < -0.3 is 9.47 Å². The molecule has 2 heterocycles. The van der Waals surface area contributed by atoms with E-state index in [4.69, 9.17) is 9.47 Å². The maximum Gasteiger partial charge on any atom is 0.357 e. The number of carbonyl (C=O) groups is 3. The molecule has 2 aromatic heterocycles. The van der Waals surface area contributed by atoms with Crippen LogP contribution in [0.25, 0.3) is 10.9 Å². The van der Waals surface area contributed by atoms with Crippen molar-refractivity contribution in [3.63, 3.8) is 0 Å². The minimum absolute atomic E-state index is 0.0306. The van der Waals surface area contributed by atoms with Gasteiger partial charge in [0.15, 0.2) is 11.7 Å². The number of hydrogen-bond acceptors (Lipinski definition) is 8. The van der Waals surface area contributed by atoms with Crippen molar-refractivity contribution < 1.29 is 23.9 Å². The highest BCUT2D eigenvalue weighted by Crippen LogP contribution is 2.16. The highest BCUT2D eigenvalue weighted by molar-refractivity contribution is 7.13. The van der Waals surface area contributed by atoms with E-state index in [1.165, 1.54) is 11.3 Å². The van der Waals surface area contributed by atoms with E-state index >= 15 is 0 Å². The molecule has 144 valence electrons. The van der Waals surface area contributed by atoms with Crippen molar-refractivity contribution in [2.24, 2.45) is 0 Å². The van der Waals surface area contributed by atoms with Gasteiger partial charge in [-0.05, 0) is 19.1 Å². The fourth-order valence-corrected chi connectivity index (χ4v) is 3.07. The number of ether oxygens (including phenoxy) is 2. The summed E-state index contributed by atoms with van der Waals surface area (Å²) < 4.78 is 9.85. The van der Waals surface area contributed by atoms with Crippen LogP contribution in [0.3, 0.4) is 0 Å². The standard InChI is InChI=1S/C19H17N3O5S/c1-2-26-17(24)9-13-11-28-19(20-13)22-16(23)10-27-18(25)15-8-7-12-5-3-4-6-14(12)21-15/h3-8,11H,2,9-10H2,1H3,(H,20,22,23). The molecule has 0 atom stereocenters. The Balaban J connectivity index is 1.51. The van der Waals surface area contributed by atoms with E-state index in [1.54, 1.807) is 30.5 Å². The number of nitrogens with one attached hydrogen (secondary N) is 1. The molecule has 0 spiro atoms. The Morgan fingerprint density at radius 2 is 1.89 bits per heavy atom. The largest absolute Gasteiger partial charge is 0.466 e. The predicted octanol–water partition coefficient (Wildman–Crippen LogP) is 2.59. The summed E-state index contributed by atoms with van der Waals surface area (Å²) in [4.78, 5) is 43.8. The molecule has 0 saturated carbocycles. The Labute approximate surface area is 164 Å². The third kappa shape index (κ3) is 5.10. The predicted molar refractivity (Wildman–Crippen MR) is 103 cm³/mol. The molecule has 3 aromatic rings. The number of thiazole rings is 1. The normalized spacial score (nSPS) is 10.5. The van der Waals surface area contributed by atoms with Crippen molar-refractivity contribution in [2.75, 3.05) is 18.5 Å². The lowest BCUT2D eigenvalue weighted by molar-refractivity contribution is -0.142. The van der Waals surface area contributed by atoms with Crippen molar-refractivity contribution in [1.29, 1.82) is 0 Å². The van der Waals surface area contributed by atoms with E-state index in [9.17, 15) is 14.4 Å². The summed E-state index contributed by atoms with van der Waals surface area (Å²) in [7, 11) is 0. The minimum atomic E-state index is -0.692. The van der Waals surface area contributed by atoms with Crippen LogP contribution in [-0.2, 0) is 25.5 Å². The van der Waals surface area contributed by atoms with Crippen molar-refractivity contribution in [1.82, 2.24) is 9.97 Å². The third-order valence-corrected chi connectivity index (χ3v) is 4.38. The van der Waals surface area contributed by atoms with Gasteiger partial charge in [0.25, 0.3) is 5.91 Å². The molecule has 0 fully saturated rings. The van der Waals surface area contributed by atoms with Crippen LogP contribution in [0.4, 0.5) is 5.13 Å². The van der Waals surface area contributed by atoms with Gasteiger partial charge in [0, 0.05) is 10.8 Å². The SMILES string of the molecule is CCOC(=O)Cc1csc(NC(=O)COC(=O)c2ccc3ccccc3n2)n1. The van der Waals surface area contributed by atoms with Gasteiger partial charge in [-0.1, -0.05) is 24.3 Å². The van der Waals surface area contributed by atoms with Gasteiger partial charge in [-0.3, -0.25) is 14.9 Å². The number of fused-ring (bicyclic) bond motifs is 1. The molecule has 1 N–H and O–H groups in total. The second-order valence-corrected chi connectivity index (χ2v) is 6.50. The molecule has 0 aliphatic heterocycles. The molecule has 9 heteroatoms. The molecule has 0 unspecified atom stereocenters. The molecular formula is C19H17N3O5S. The lowest BCUT2D eigenvalue weighted by Gasteiger charge is -2.05. The maximum absolute atomic E-state index is 12.1. The number of hydrogen-bond donors (Lipinski definition) is 1. The number of pyridine rings is 1. The van der Waals surface area contributed by atoms with Crippen molar-refractivity contribution in [3.8, 4) is 0 Å². The van der Waals surface area contributed by atoms with E-state index in [0.29, 0.717) is 22.9 Å². The zero-order valence-electron chi connectivity index (χ0n) is 15.0. The molecule has 0 aliphatic carbocycles. The zero-order valence-corrected chi connectivity index (χ0v) is 15.8. The van der Waals surface area contributed by atoms with E-state index in [2.05, 4.69) is 15.3 Å². The summed E-state index contributed by atoms with van der Waals surface area (Å²) in [6, 6.07) is 10.7. The van der Waals surface area contributed by atoms with Gasteiger partial charge in [-0.2, -0.15) is 0 Å². The molecule has 0 radical (unpaired) electrons. The molecule has 0 aliphatic rings. The van der Waals surface area contributed by atoms with Crippen LogP contribution in [0.15, 0.2) is 41.8 Å². The number of carbonyl (C=O) groups excluding carboxylic acids is 3. The van der Waals surface area contributed by atoms with E-state index in [-0.39, 0.29) is 18.1 Å². The first-order valence-electron chi connectivity index (χ1n) is 8.48. The molecular weight excluding hydrogens is 382 g/mol. The van der Waals surface area contributed by atoms with Crippen LogP contribution in [0.2, 0.25) is 0 Å². The average Bonchev–Trinajstić information content (AvgIpc) is 3.12. The Morgan fingerprint density at radius 1 is 1.07 bits per heavy atom. The Kier molecular flexibility index (Phi) is 6.28. The fourth-order valence-electron chi connectivity index (χ4n) is 2.35. The van der Waals surface area contributed by atoms with Crippen LogP contribution in [0, 0.1) is 0 Å². The van der Waals surface area contributed by atoms with E-state index < -0.39 is 18.5 Å². The van der Waals surface area contributed by atoms with Crippen LogP contribution in [0.1, 0.15) is 23.1 Å². The molecule has 1 amide bonds. The topological polar surface area (TPSA) is 107 Å². The number of esters is 2. The first-order chi connectivity index (χ1) is 13.5. The van der Waals surface area contributed by atoms with Crippen molar-refractivity contribution in [3.05, 3.63) is 53.2 Å². The zero-order chi connectivity index (χ0) is 19.9. The van der Waals surface area contributed by atoms with Gasteiger partial charge in [0.1, 0.15) is 5.69 Å². The molecule has 1 aromatic carbocycles. The lowest BCUT2D eigenvalue weighted by atomic mass is 10.2. The van der Waals surface area contributed by atoms with Crippen LogP contribution in [0.5, 0.6) is 0 Å². The highest BCUT2D eigenvalue weighted by atomic mass is 32.1. The summed E-state index contributed by atoms with van der Waals surface area (Å²) in [5.41, 5.74) is 1.28. The number of rotatable bonds is 7. The summed E-state index contributed by atoms with van der Waals surface area (Å²) in [5, 5.41) is 5.38. The van der Waals surface area contributed by atoms with Gasteiger partial charge in [0.05, 0.1) is 24.2 Å². The van der Waals surface area contributed by atoms with E-state index in [0.717, 1.165) is 5.39 Å². The van der Waals surface area contributed by atoms with E-state index in [1.807, 2.05) is 18.2 Å². The minimum Gasteiger partial charge on any atom is -0.466 e. The summed E-state index contributed by atoms with van der Waals surface area (Å²) in [6.07, 6.45) is 0.0306. The number of para-hydroxylation sites is 1. The lowest BCUT2D eigenvalue weighted by Crippen LogP contribution is -2.21. The molecule has 8 nitrogen and oxygen atoms in total. The molecule has 28 heavy (non-hydrogen) atoms. The quantitative estimate of drug-likeness (QED) is 0.609. The number of nitrogens with zero attached hydrogens (tertiary/aromatic N) is 2. The van der Waals surface area contributed by atoms with Gasteiger partial charge >= 0.3 is 11.9 Å². The number of anilines is 1. The van der Waals surface area contributed by atoms with Crippen LogP contribution >= 0.6 is 11.3 Å². The summed E-state index contributed by atoms with van der Waals surface area (Å²) >= 11 is 1.17. The van der Waals surface area contributed by atoms with Gasteiger partial charge in [0.2, 0.25) is 0 Å². The van der Waals surface area contributed by atoms with Crippen molar-refractivity contribution in [2.45, 2.75) is 13.3 Å². The maximum atomic E-state index is 12.1. The second kappa shape index (κ2) is 9.05. The summed E-state index contributed by atoms with van der Waals surface area (Å²) in [6.45, 7) is 1.55. The Morgan fingerprint density at radius 3 is 2.71 bits per heavy atom. The number of aromatic nitrogens is 2. The average molecular weight is 399 g/mol. The van der Waals surface area contributed by atoms with Crippen LogP contribution < -0.4 is 5.32 Å². The Hall–Kier alpha value is -3.33. The highest BCUT2D eigenvalue weighted by Gasteiger charge is 2.14. The van der Waals surface area contributed by atoms with Gasteiger partial charge in [-0.25, -0.2) is 14.8 Å². The first-order valence-corrected chi connectivity index (χ1v) is 9.36. The number of amides is 1. The monoisotopic (exact) mass is 399 g/mol. The first kappa shape index (κ1) is 19.4. The Bertz CT molecular complexity index is 1020. The molecule has 0 bridgehead atoms. The summed E-state index contributed by atoms with van der Waals surface area (Å²) in [5.74, 6) is -1.61. The fraction of sp³-hybridized carbons (Fsp3) is 0.211. The van der Waals surface area contributed by atoms with Crippen molar-refractivity contribution >= 4 is 45.2 Å². The molecule has 0 saturated heterocycles. The van der Waals surface area contributed by atoms with Crippen LogP contribution in [-0.4, -0.2) is 41.0 Å². The number of benzene rings is 1.